The normalized spacial score (nSPS) is 33.9. The largest absolute Gasteiger partial charge is 0.341 e. The molecule has 0 aromatic rings. The van der Waals surface area contributed by atoms with Crippen LogP contribution in [0.25, 0.3) is 0 Å². The minimum absolute atomic E-state index is 0.0269. The van der Waals surface area contributed by atoms with Crippen LogP contribution in [-0.2, 0) is 4.79 Å². The lowest BCUT2D eigenvalue weighted by Gasteiger charge is -2.32. The van der Waals surface area contributed by atoms with Gasteiger partial charge in [0.05, 0.1) is 0 Å². The molecule has 2 aliphatic rings. The first kappa shape index (κ1) is 11.1. The fraction of sp³-hybridized carbons (Fsp3) is 0.900. The van der Waals surface area contributed by atoms with Crippen molar-refractivity contribution in [3.05, 3.63) is 0 Å². The molecule has 0 aromatic heterocycles. The third kappa shape index (κ3) is 1.96. The van der Waals surface area contributed by atoms with E-state index in [2.05, 4.69) is 0 Å². The van der Waals surface area contributed by atoms with Crippen molar-refractivity contribution >= 4 is 17.5 Å². The van der Waals surface area contributed by atoms with Crippen molar-refractivity contribution in [1.29, 1.82) is 0 Å². The predicted octanol–water partition coefficient (Wildman–Crippen LogP) is 2.12. The van der Waals surface area contributed by atoms with Crippen molar-refractivity contribution in [2.45, 2.75) is 25.2 Å². The smallest absolute Gasteiger partial charge is 0.252 e. The third-order valence-corrected chi connectivity index (χ3v) is 3.76. The zero-order valence-electron chi connectivity index (χ0n) is 8.39. The molecular weight excluding hydrogens is 224 g/mol. The zero-order valence-corrected chi connectivity index (χ0v) is 9.14. The molecule has 0 unspecified atom stereocenters. The van der Waals surface area contributed by atoms with Gasteiger partial charge in [-0.15, -0.1) is 11.6 Å². The lowest BCUT2D eigenvalue weighted by Crippen LogP contribution is -2.38. The molecule has 2 nitrogen and oxygen atoms in total. The van der Waals surface area contributed by atoms with Crippen LogP contribution in [0.5, 0.6) is 0 Å². The van der Waals surface area contributed by atoms with Crippen molar-refractivity contribution in [1.82, 2.24) is 4.90 Å². The zero-order chi connectivity index (χ0) is 11.1. The fourth-order valence-corrected chi connectivity index (χ4v) is 2.88. The van der Waals surface area contributed by atoms with Crippen LogP contribution in [0, 0.1) is 11.8 Å². The summed E-state index contributed by atoms with van der Waals surface area (Å²) >= 11 is 5.42. The molecule has 1 aliphatic carbocycles. The first-order chi connectivity index (χ1) is 7.04. The van der Waals surface area contributed by atoms with Gasteiger partial charge < -0.3 is 4.90 Å². The highest BCUT2D eigenvalue weighted by Gasteiger charge is 2.51. The summed E-state index contributed by atoms with van der Waals surface area (Å²) in [7, 11) is 0. The van der Waals surface area contributed by atoms with Crippen molar-refractivity contribution < 1.29 is 13.6 Å². The highest BCUT2D eigenvalue weighted by atomic mass is 35.5. The van der Waals surface area contributed by atoms with Gasteiger partial charge in [-0.1, -0.05) is 0 Å². The van der Waals surface area contributed by atoms with E-state index in [1.165, 1.54) is 4.90 Å². The van der Waals surface area contributed by atoms with Crippen molar-refractivity contribution in [3.8, 4) is 0 Å². The molecule has 0 radical (unpaired) electrons. The number of carbonyl (C=O) groups excluding carboxylic acids is 1. The molecular formula is C10H14ClF2NO. The quantitative estimate of drug-likeness (QED) is 0.640. The Bertz CT molecular complexity index is 272. The second-order valence-corrected chi connectivity index (χ2v) is 4.72. The molecule has 0 bridgehead atoms. The van der Waals surface area contributed by atoms with Crippen LogP contribution >= 0.6 is 11.6 Å². The molecule has 1 aliphatic heterocycles. The minimum Gasteiger partial charge on any atom is -0.341 e. The van der Waals surface area contributed by atoms with Gasteiger partial charge in [-0.05, 0) is 18.8 Å². The van der Waals surface area contributed by atoms with Crippen molar-refractivity contribution in [2.75, 3.05) is 19.0 Å². The van der Waals surface area contributed by atoms with Crippen molar-refractivity contribution in [3.63, 3.8) is 0 Å². The average molecular weight is 238 g/mol. The first-order valence-corrected chi connectivity index (χ1v) is 5.79. The number of nitrogens with zero attached hydrogens (tertiary/aromatic N) is 1. The maximum atomic E-state index is 13.5. The van der Waals surface area contributed by atoms with Crippen LogP contribution in [0.2, 0.25) is 0 Å². The van der Waals surface area contributed by atoms with Gasteiger partial charge >= 0.3 is 0 Å². The van der Waals surface area contributed by atoms with Crippen LogP contribution in [-0.4, -0.2) is 35.7 Å². The minimum atomic E-state index is -2.59. The van der Waals surface area contributed by atoms with Gasteiger partial charge in [0.15, 0.2) is 0 Å². The maximum Gasteiger partial charge on any atom is 0.252 e. The van der Waals surface area contributed by atoms with Crippen LogP contribution in [0.15, 0.2) is 0 Å². The van der Waals surface area contributed by atoms with E-state index in [0.29, 0.717) is 13.0 Å². The van der Waals surface area contributed by atoms with Gasteiger partial charge in [-0.3, -0.25) is 4.79 Å². The Kier molecular flexibility index (Phi) is 2.88. The Morgan fingerprint density at radius 2 is 2.20 bits per heavy atom. The molecule has 0 aromatic carbocycles. The number of alkyl halides is 3. The molecule has 0 N–H and O–H groups in total. The van der Waals surface area contributed by atoms with Gasteiger partial charge in [-0.2, -0.15) is 0 Å². The number of halogens is 3. The second kappa shape index (κ2) is 3.89. The molecule has 1 heterocycles. The van der Waals surface area contributed by atoms with E-state index in [9.17, 15) is 13.6 Å². The number of likely N-dealkylation sites (tertiary alicyclic amines) is 1. The Labute approximate surface area is 92.6 Å². The molecule has 2 rings (SSSR count). The van der Waals surface area contributed by atoms with E-state index >= 15 is 0 Å². The topological polar surface area (TPSA) is 20.3 Å². The van der Waals surface area contributed by atoms with E-state index in [4.69, 9.17) is 11.6 Å². The van der Waals surface area contributed by atoms with Gasteiger partial charge in [-0.25, -0.2) is 8.78 Å². The van der Waals surface area contributed by atoms with Gasteiger partial charge in [0.25, 0.3) is 5.92 Å². The highest BCUT2D eigenvalue weighted by molar-refractivity contribution is 6.27. The summed E-state index contributed by atoms with van der Waals surface area (Å²) in [6.07, 6.45) is 1.35. The van der Waals surface area contributed by atoms with Gasteiger partial charge in [0, 0.05) is 25.4 Å². The summed E-state index contributed by atoms with van der Waals surface area (Å²) in [6.45, 7) is 0.648. The molecule has 1 saturated heterocycles. The number of carbonyl (C=O) groups is 1. The SMILES string of the molecule is O=C(CCl)N1C[C@H]2CCCC(F)(F)[C@H]2C1. The number of hydrogen-bond acceptors (Lipinski definition) is 1. The van der Waals surface area contributed by atoms with Crippen LogP contribution in [0.3, 0.4) is 0 Å². The number of hydrogen-bond donors (Lipinski definition) is 0. The molecule has 5 heteroatoms. The summed E-state index contributed by atoms with van der Waals surface area (Å²) in [5.41, 5.74) is 0. The number of amides is 1. The Morgan fingerprint density at radius 3 is 2.80 bits per heavy atom. The summed E-state index contributed by atoms with van der Waals surface area (Å²) in [5.74, 6) is -3.59. The standard InChI is InChI=1S/C10H14ClF2NO/c11-4-9(15)14-5-7-2-1-3-10(12,13)8(7)6-14/h7-8H,1-6H2/t7-,8+/m1/s1. The van der Waals surface area contributed by atoms with Crippen LogP contribution in [0.1, 0.15) is 19.3 Å². The fourth-order valence-electron chi connectivity index (χ4n) is 2.72. The predicted molar refractivity (Wildman–Crippen MR) is 53.1 cm³/mol. The lowest BCUT2D eigenvalue weighted by molar-refractivity contribution is -0.128. The monoisotopic (exact) mass is 237 g/mol. The van der Waals surface area contributed by atoms with Gasteiger partial charge in [0.1, 0.15) is 5.88 Å². The summed E-state index contributed by atoms with van der Waals surface area (Å²) in [5, 5.41) is 0. The molecule has 1 amide bonds. The van der Waals surface area contributed by atoms with E-state index in [1.54, 1.807) is 0 Å². The molecule has 1 saturated carbocycles. The summed E-state index contributed by atoms with van der Waals surface area (Å²) in [4.78, 5) is 12.8. The second-order valence-electron chi connectivity index (χ2n) is 4.45. The van der Waals surface area contributed by atoms with E-state index in [-0.39, 0.29) is 30.7 Å². The van der Waals surface area contributed by atoms with E-state index in [0.717, 1.165) is 6.42 Å². The molecule has 86 valence electrons. The number of rotatable bonds is 1. The van der Waals surface area contributed by atoms with Crippen LogP contribution < -0.4 is 0 Å². The third-order valence-electron chi connectivity index (χ3n) is 3.54. The number of fused-ring (bicyclic) bond motifs is 1. The van der Waals surface area contributed by atoms with Crippen LogP contribution in [0.4, 0.5) is 8.78 Å². The average Bonchev–Trinajstić information content (AvgIpc) is 2.61. The summed E-state index contributed by atoms with van der Waals surface area (Å²) in [6, 6.07) is 0. The molecule has 0 spiro atoms. The maximum absolute atomic E-state index is 13.5. The van der Waals surface area contributed by atoms with E-state index < -0.39 is 11.8 Å². The highest BCUT2D eigenvalue weighted by Crippen LogP contribution is 2.45. The Morgan fingerprint density at radius 1 is 1.47 bits per heavy atom. The Balaban J connectivity index is 2.08. The molecule has 15 heavy (non-hydrogen) atoms. The molecule has 2 atom stereocenters. The van der Waals surface area contributed by atoms with E-state index in [1.807, 2.05) is 0 Å². The first-order valence-electron chi connectivity index (χ1n) is 5.26. The summed E-state index contributed by atoms with van der Waals surface area (Å²) < 4.78 is 27.1. The lowest BCUT2D eigenvalue weighted by atomic mass is 9.79. The van der Waals surface area contributed by atoms with Crippen molar-refractivity contribution in [2.24, 2.45) is 11.8 Å². The van der Waals surface area contributed by atoms with Gasteiger partial charge in [0.2, 0.25) is 5.91 Å². The molecule has 2 fully saturated rings. The Hall–Kier alpha value is -0.380.